The molecule has 5 rings (SSSR count). The number of hydrogen-bond acceptors (Lipinski definition) is 6. The highest BCUT2D eigenvalue weighted by molar-refractivity contribution is 6.08. The first-order valence-corrected chi connectivity index (χ1v) is 12.6. The summed E-state index contributed by atoms with van der Waals surface area (Å²) in [6.45, 7) is 8.63. The number of rotatable bonds is 7. The number of benzene rings is 1. The van der Waals surface area contributed by atoms with Gasteiger partial charge in [0.1, 0.15) is 22.7 Å². The van der Waals surface area contributed by atoms with E-state index in [9.17, 15) is 13.6 Å². The minimum Gasteiger partial charge on any atom is -0.491 e. The van der Waals surface area contributed by atoms with Gasteiger partial charge in [-0.3, -0.25) is 4.79 Å². The molecule has 3 aromatic rings. The summed E-state index contributed by atoms with van der Waals surface area (Å²) < 4.78 is 36.1. The number of aromatic nitrogens is 3. The van der Waals surface area contributed by atoms with Crippen molar-refractivity contribution in [2.24, 2.45) is 5.92 Å². The van der Waals surface area contributed by atoms with Crippen molar-refractivity contribution in [3.05, 3.63) is 47.9 Å². The number of nitrogens with zero attached hydrogens (tertiary/aromatic N) is 4. The van der Waals surface area contributed by atoms with Crippen LogP contribution in [-0.4, -0.2) is 64.7 Å². The number of hydrogen-bond donors (Lipinski definition) is 1. The lowest BCUT2D eigenvalue weighted by Crippen LogP contribution is -2.24. The maximum Gasteiger partial charge on any atom is 0.261 e. The summed E-state index contributed by atoms with van der Waals surface area (Å²) in [4.78, 5) is 18.6. The fraction of sp³-hybridized carbons (Fsp3) is 0.519. The highest BCUT2D eigenvalue weighted by Crippen LogP contribution is 2.42. The van der Waals surface area contributed by atoms with Crippen LogP contribution in [0.15, 0.2) is 36.8 Å². The highest BCUT2D eigenvalue weighted by Gasteiger charge is 2.32. The molecule has 37 heavy (non-hydrogen) atoms. The van der Waals surface area contributed by atoms with E-state index in [1.807, 2.05) is 26.0 Å². The summed E-state index contributed by atoms with van der Waals surface area (Å²) in [6, 6.07) is 5.63. The Bertz CT molecular complexity index is 1190. The molecule has 0 bridgehead atoms. The first-order valence-electron chi connectivity index (χ1n) is 12.6. The molecule has 1 N–H and O–H groups in total. The van der Waals surface area contributed by atoms with Gasteiger partial charge in [-0.25, -0.2) is 18.3 Å². The Morgan fingerprint density at radius 1 is 1.30 bits per heavy atom. The second-order valence-electron chi connectivity index (χ2n) is 9.80. The molecule has 0 radical (unpaired) electrons. The standard InChI is InChI=1S/C21H22N4O3.C4H9F2N.C2H6/c1-21(2)10-14-8-16(18(9-17(14)28-21)27-12-13-4-5-13)24-20(26)15-11-23-25-7-3-6-22-19(15)25;1-7(2)3-4(5)6;1-2/h3,6-9,11,13H,4-5,10,12H2,1-2H3,(H,24,26);4H,3H2,1-2H3;1-2H3. The van der Waals surface area contributed by atoms with Crippen molar-refractivity contribution in [2.75, 3.05) is 32.6 Å². The Balaban J connectivity index is 0.000000369. The maximum atomic E-state index is 12.9. The van der Waals surface area contributed by atoms with Crippen molar-refractivity contribution in [3.63, 3.8) is 0 Å². The third-order valence-electron chi connectivity index (χ3n) is 5.61. The predicted octanol–water partition coefficient (Wildman–Crippen LogP) is 5.32. The third kappa shape index (κ3) is 7.85. The molecule has 10 heteroatoms. The molecule has 1 aromatic carbocycles. The van der Waals surface area contributed by atoms with Gasteiger partial charge >= 0.3 is 0 Å². The Morgan fingerprint density at radius 2 is 2.03 bits per heavy atom. The Kier molecular flexibility index (Phi) is 9.42. The molecule has 3 heterocycles. The zero-order valence-corrected chi connectivity index (χ0v) is 22.4. The number of carbonyl (C=O) groups is 1. The van der Waals surface area contributed by atoms with E-state index < -0.39 is 6.43 Å². The minimum absolute atomic E-state index is 0.139. The maximum absolute atomic E-state index is 12.9. The second-order valence-corrected chi connectivity index (χ2v) is 9.80. The van der Waals surface area contributed by atoms with E-state index in [1.165, 1.54) is 23.9 Å². The smallest absolute Gasteiger partial charge is 0.261 e. The number of halogens is 2. The van der Waals surface area contributed by atoms with Crippen LogP contribution in [0.2, 0.25) is 0 Å². The van der Waals surface area contributed by atoms with Crippen LogP contribution >= 0.6 is 0 Å². The molecule has 8 nitrogen and oxygen atoms in total. The molecule has 0 atom stereocenters. The van der Waals surface area contributed by atoms with Gasteiger partial charge in [0.25, 0.3) is 12.3 Å². The van der Waals surface area contributed by atoms with Gasteiger partial charge in [0.05, 0.1) is 25.0 Å². The van der Waals surface area contributed by atoms with Gasteiger partial charge in [-0.1, -0.05) is 13.8 Å². The highest BCUT2D eigenvalue weighted by atomic mass is 19.3. The van der Waals surface area contributed by atoms with Crippen molar-refractivity contribution in [2.45, 2.75) is 59.0 Å². The summed E-state index contributed by atoms with van der Waals surface area (Å²) in [5.74, 6) is 1.81. The monoisotopic (exact) mass is 517 g/mol. The predicted molar refractivity (Wildman–Crippen MR) is 140 cm³/mol. The van der Waals surface area contributed by atoms with E-state index in [0.717, 1.165) is 17.7 Å². The number of alkyl halides is 2. The molecule has 1 amide bonds. The molecule has 0 saturated heterocycles. The largest absolute Gasteiger partial charge is 0.491 e. The summed E-state index contributed by atoms with van der Waals surface area (Å²) in [5, 5.41) is 7.18. The molecular formula is C27H37F2N5O3. The summed E-state index contributed by atoms with van der Waals surface area (Å²) >= 11 is 0. The van der Waals surface area contributed by atoms with Gasteiger partial charge in [0.15, 0.2) is 5.65 Å². The SMILES string of the molecule is CC.CC1(C)Cc2cc(NC(=O)c3cnn4cccnc34)c(OCC3CC3)cc2O1.CN(C)CC(F)F. The average molecular weight is 518 g/mol. The normalized spacial score (nSPS) is 15.3. The fourth-order valence-electron chi connectivity index (χ4n) is 3.79. The van der Waals surface area contributed by atoms with Crippen LogP contribution in [0.5, 0.6) is 11.5 Å². The molecule has 1 aliphatic heterocycles. The van der Waals surface area contributed by atoms with Crippen LogP contribution in [0.3, 0.4) is 0 Å². The topological polar surface area (TPSA) is 81.0 Å². The fourth-order valence-corrected chi connectivity index (χ4v) is 3.79. The lowest BCUT2D eigenvalue weighted by atomic mass is 10.0. The Morgan fingerprint density at radius 3 is 2.65 bits per heavy atom. The minimum atomic E-state index is -2.20. The van der Waals surface area contributed by atoms with E-state index in [4.69, 9.17) is 9.47 Å². The number of carbonyl (C=O) groups excluding carboxylic acids is 1. The Labute approximate surface area is 217 Å². The summed E-state index contributed by atoms with van der Waals surface area (Å²) in [7, 11) is 3.23. The zero-order valence-electron chi connectivity index (χ0n) is 22.4. The number of amides is 1. The van der Waals surface area contributed by atoms with Crippen molar-refractivity contribution in [3.8, 4) is 11.5 Å². The van der Waals surface area contributed by atoms with Crippen LogP contribution in [0.1, 0.15) is 56.5 Å². The van der Waals surface area contributed by atoms with Gasteiger partial charge in [-0.05, 0) is 58.8 Å². The molecule has 1 fully saturated rings. The molecule has 0 unspecified atom stereocenters. The van der Waals surface area contributed by atoms with E-state index >= 15 is 0 Å². The van der Waals surface area contributed by atoms with Gasteiger partial charge < -0.3 is 19.7 Å². The van der Waals surface area contributed by atoms with E-state index in [2.05, 4.69) is 29.2 Å². The molecular weight excluding hydrogens is 480 g/mol. The summed E-state index contributed by atoms with van der Waals surface area (Å²) in [6.07, 6.45) is 5.92. The first kappa shape index (κ1) is 28.3. The molecule has 2 aliphatic rings. The number of ether oxygens (including phenoxy) is 2. The number of fused-ring (bicyclic) bond motifs is 2. The van der Waals surface area contributed by atoms with Crippen LogP contribution in [0.4, 0.5) is 14.5 Å². The lowest BCUT2D eigenvalue weighted by Gasteiger charge is -2.17. The summed E-state index contributed by atoms with van der Waals surface area (Å²) in [5.41, 5.74) is 2.40. The van der Waals surface area contributed by atoms with Crippen LogP contribution in [0, 0.1) is 5.92 Å². The molecule has 2 aromatic heterocycles. The van der Waals surface area contributed by atoms with Crippen LogP contribution in [0.25, 0.3) is 5.65 Å². The molecule has 1 saturated carbocycles. The van der Waals surface area contributed by atoms with Crippen molar-refractivity contribution in [1.29, 1.82) is 0 Å². The Hall–Kier alpha value is -3.27. The van der Waals surface area contributed by atoms with E-state index in [1.54, 1.807) is 37.1 Å². The number of nitrogens with one attached hydrogen (secondary N) is 1. The molecule has 202 valence electrons. The molecule has 0 spiro atoms. The van der Waals surface area contributed by atoms with Gasteiger partial charge in [0.2, 0.25) is 0 Å². The van der Waals surface area contributed by atoms with Crippen molar-refractivity contribution in [1.82, 2.24) is 19.5 Å². The second kappa shape index (κ2) is 12.3. The van der Waals surface area contributed by atoms with E-state index in [0.29, 0.717) is 35.2 Å². The van der Waals surface area contributed by atoms with Crippen LogP contribution in [-0.2, 0) is 6.42 Å². The van der Waals surface area contributed by atoms with E-state index in [-0.39, 0.29) is 18.1 Å². The van der Waals surface area contributed by atoms with Gasteiger partial charge in [0, 0.05) is 30.4 Å². The van der Waals surface area contributed by atoms with Crippen LogP contribution < -0.4 is 14.8 Å². The third-order valence-corrected chi connectivity index (χ3v) is 5.61. The number of anilines is 1. The van der Waals surface area contributed by atoms with Gasteiger partial charge in [-0.2, -0.15) is 5.10 Å². The zero-order chi connectivity index (χ0) is 27.2. The lowest BCUT2D eigenvalue weighted by molar-refractivity contribution is 0.102. The van der Waals surface area contributed by atoms with Crippen molar-refractivity contribution < 1.29 is 23.0 Å². The van der Waals surface area contributed by atoms with Crippen molar-refractivity contribution >= 4 is 17.2 Å². The van der Waals surface area contributed by atoms with Gasteiger partial charge in [-0.15, -0.1) is 0 Å². The molecule has 1 aliphatic carbocycles. The quantitative estimate of drug-likeness (QED) is 0.457. The average Bonchev–Trinajstić information content (AvgIpc) is 3.47. The first-order chi connectivity index (χ1) is 17.6.